The Bertz CT molecular complexity index is 865. The van der Waals surface area contributed by atoms with E-state index in [9.17, 15) is 40.5 Å². The van der Waals surface area contributed by atoms with Crippen molar-refractivity contribution < 1.29 is 29.9 Å². The maximum atomic E-state index is 10.3. The van der Waals surface area contributed by atoms with E-state index in [1.165, 1.54) is 6.07 Å². The normalized spacial score (nSPS) is 9.54. The first-order chi connectivity index (χ1) is 12.1. The van der Waals surface area contributed by atoms with E-state index in [1.807, 2.05) is 0 Å². The second-order valence-corrected chi connectivity index (χ2v) is 4.32. The minimum atomic E-state index is -0.993. The van der Waals surface area contributed by atoms with Crippen LogP contribution in [-0.2, 0) is 0 Å². The Labute approximate surface area is 142 Å². The Balaban J connectivity index is 0.000000260. The van der Waals surface area contributed by atoms with E-state index < -0.39 is 53.9 Å². The number of nitro groups is 4. The summed E-state index contributed by atoms with van der Waals surface area (Å²) in [7, 11) is 0. The summed E-state index contributed by atoms with van der Waals surface area (Å²) in [6.07, 6.45) is 0. The molecule has 0 amide bonds. The molecule has 136 valence electrons. The maximum Gasteiger partial charge on any atom is 0.387 e. The van der Waals surface area contributed by atoms with Crippen molar-refractivity contribution in [3.8, 4) is 11.5 Å². The third-order valence-electron chi connectivity index (χ3n) is 2.76. The zero-order valence-electron chi connectivity index (χ0n) is 12.4. The smallest absolute Gasteiger partial charge is 0.387 e. The molecule has 0 aliphatic carbocycles. The molecule has 0 radical (unpaired) electrons. The van der Waals surface area contributed by atoms with Gasteiger partial charge in [-0.15, -0.1) is 0 Å². The quantitative estimate of drug-likeness (QED) is 0.593. The lowest BCUT2D eigenvalue weighted by Gasteiger charge is -1.95. The predicted molar refractivity (Wildman–Crippen MR) is 82.8 cm³/mol. The van der Waals surface area contributed by atoms with Crippen LogP contribution in [0, 0.1) is 40.5 Å². The Morgan fingerprint density at radius 3 is 1.35 bits per heavy atom. The maximum absolute atomic E-state index is 10.3. The minimum Gasteiger partial charge on any atom is -0.502 e. The highest BCUT2D eigenvalue weighted by Gasteiger charge is 2.27. The van der Waals surface area contributed by atoms with Crippen molar-refractivity contribution in [3.05, 3.63) is 76.9 Å². The van der Waals surface area contributed by atoms with Crippen LogP contribution in [0.3, 0.4) is 0 Å². The molecule has 0 aromatic heterocycles. The first-order valence-corrected chi connectivity index (χ1v) is 6.29. The fourth-order valence-corrected chi connectivity index (χ4v) is 1.67. The van der Waals surface area contributed by atoms with Gasteiger partial charge in [0.1, 0.15) is 0 Å². The average Bonchev–Trinajstić information content (AvgIpc) is 2.54. The molecule has 0 saturated carbocycles. The molecule has 0 heterocycles. The highest BCUT2D eigenvalue weighted by Crippen LogP contribution is 2.35. The summed E-state index contributed by atoms with van der Waals surface area (Å²) in [5, 5.41) is 59.0. The Kier molecular flexibility index (Phi) is 6.02. The van der Waals surface area contributed by atoms with Crippen molar-refractivity contribution >= 4 is 22.7 Å². The number of phenolic OH excluding ortho intramolecular Hbond substituents is 2. The van der Waals surface area contributed by atoms with Crippen LogP contribution in [0.1, 0.15) is 0 Å². The van der Waals surface area contributed by atoms with E-state index in [1.54, 1.807) is 0 Å². The first kappa shape index (κ1) is 19.7. The highest BCUT2D eigenvalue weighted by atomic mass is 16.6. The monoisotopic (exact) mass is 368 g/mol. The summed E-state index contributed by atoms with van der Waals surface area (Å²) < 4.78 is 0. The van der Waals surface area contributed by atoms with Crippen LogP contribution in [0.4, 0.5) is 22.7 Å². The number of para-hydroxylation sites is 2. The highest BCUT2D eigenvalue weighted by molar-refractivity contribution is 5.60. The molecular weight excluding hydrogens is 360 g/mol. The molecule has 0 aliphatic rings. The lowest BCUT2D eigenvalue weighted by Crippen LogP contribution is -1.96. The fraction of sp³-hybridized carbons (Fsp3) is 0. The average molecular weight is 368 g/mol. The first-order valence-electron chi connectivity index (χ1n) is 6.29. The molecule has 2 rings (SSSR count). The number of nitrogens with zero attached hydrogens (tertiary/aromatic N) is 4. The van der Waals surface area contributed by atoms with Gasteiger partial charge in [-0.1, -0.05) is 6.07 Å². The van der Waals surface area contributed by atoms with E-state index >= 15 is 0 Å². The Morgan fingerprint density at radius 1 is 0.615 bits per heavy atom. The molecule has 0 bridgehead atoms. The van der Waals surface area contributed by atoms with Crippen molar-refractivity contribution in [1.29, 1.82) is 0 Å². The zero-order valence-corrected chi connectivity index (χ0v) is 12.4. The number of benzene rings is 2. The van der Waals surface area contributed by atoms with Gasteiger partial charge in [0.25, 0.3) is 5.75 Å². The van der Waals surface area contributed by atoms with Crippen molar-refractivity contribution in [2.24, 2.45) is 0 Å². The van der Waals surface area contributed by atoms with E-state index in [0.29, 0.717) is 0 Å². The summed E-state index contributed by atoms with van der Waals surface area (Å²) in [5.41, 5.74) is -2.94. The van der Waals surface area contributed by atoms with Gasteiger partial charge in [0.05, 0.1) is 19.7 Å². The summed E-state index contributed by atoms with van der Waals surface area (Å²) in [5.74, 6) is -1.63. The zero-order chi connectivity index (χ0) is 20.0. The van der Waals surface area contributed by atoms with E-state index in [0.717, 1.165) is 30.3 Å². The van der Waals surface area contributed by atoms with Gasteiger partial charge in [-0.05, 0) is 12.1 Å². The molecule has 14 nitrogen and oxygen atoms in total. The number of hydrogen-bond donors (Lipinski definition) is 2. The lowest BCUT2D eigenvalue weighted by molar-refractivity contribution is -0.423. The number of aromatic hydroxyl groups is 2. The van der Waals surface area contributed by atoms with E-state index in [-0.39, 0.29) is 0 Å². The van der Waals surface area contributed by atoms with Crippen LogP contribution in [0.15, 0.2) is 36.4 Å². The number of rotatable bonds is 4. The predicted octanol–water partition coefficient (Wildman–Crippen LogP) is 2.42. The SMILES string of the molecule is O=[N+]([O-])c1cccc(O)c1[N+](=O)[O-].O=[N+]([O-])c1cccc([N+](=O)[O-])c1O. The molecule has 0 aliphatic heterocycles. The van der Waals surface area contributed by atoms with Gasteiger partial charge in [-0.3, -0.25) is 40.5 Å². The van der Waals surface area contributed by atoms with Gasteiger partial charge < -0.3 is 10.2 Å². The second-order valence-electron chi connectivity index (χ2n) is 4.32. The fourth-order valence-electron chi connectivity index (χ4n) is 1.67. The van der Waals surface area contributed by atoms with Gasteiger partial charge in [-0.2, -0.15) is 0 Å². The third-order valence-corrected chi connectivity index (χ3v) is 2.76. The van der Waals surface area contributed by atoms with E-state index in [4.69, 9.17) is 10.2 Å². The molecule has 0 atom stereocenters. The molecule has 2 N–H and O–H groups in total. The molecule has 0 fully saturated rings. The van der Waals surface area contributed by atoms with Gasteiger partial charge in [0.2, 0.25) is 5.75 Å². The van der Waals surface area contributed by atoms with Crippen molar-refractivity contribution in [2.45, 2.75) is 0 Å². The topological polar surface area (TPSA) is 213 Å². The molecule has 0 saturated heterocycles. The van der Waals surface area contributed by atoms with Crippen LogP contribution >= 0.6 is 0 Å². The van der Waals surface area contributed by atoms with Gasteiger partial charge in [0, 0.05) is 18.2 Å². The van der Waals surface area contributed by atoms with Gasteiger partial charge in [0.15, 0.2) is 0 Å². The molecule has 0 unspecified atom stereocenters. The largest absolute Gasteiger partial charge is 0.502 e. The Hall–Kier alpha value is -4.36. The number of phenols is 2. The Morgan fingerprint density at radius 2 is 1.00 bits per heavy atom. The van der Waals surface area contributed by atoms with Crippen LogP contribution in [0.5, 0.6) is 11.5 Å². The number of hydrogen-bond acceptors (Lipinski definition) is 10. The number of nitro benzene ring substituents is 4. The van der Waals surface area contributed by atoms with Crippen molar-refractivity contribution in [3.63, 3.8) is 0 Å². The molecule has 0 spiro atoms. The van der Waals surface area contributed by atoms with Crippen molar-refractivity contribution in [2.75, 3.05) is 0 Å². The summed E-state index contributed by atoms with van der Waals surface area (Å²) >= 11 is 0. The van der Waals surface area contributed by atoms with Crippen LogP contribution in [-0.4, -0.2) is 29.9 Å². The van der Waals surface area contributed by atoms with Gasteiger partial charge >= 0.3 is 22.7 Å². The van der Waals surface area contributed by atoms with Gasteiger partial charge in [-0.25, -0.2) is 0 Å². The summed E-state index contributed by atoms with van der Waals surface area (Å²) in [6, 6.07) is 6.25. The molecule has 2 aromatic rings. The van der Waals surface area contributed by atoms with Crippen LogP contribution in [0.2, 0.25) is 0 Å². The summed E-state index contributed by atoms with van der Waals surface area (Å²) in [4.78, 5) is 37.3. The standard InChI is InChI=1S/2C6H4N2O5/c9-5-3-1-2-4(7(10)11)6(5)8(12)13;9-6-4(7(10)11)2-1-3-5(6)8(12)13/h2*1-3,9H. The summed E-state index contributed by atoms with van der Waals surface area (Å²) in [6.45, 7) is 0. The lowest BCUT2D eigenvalue weighted by atomic mass is 10.2. The second kappa shape index (κ2) is 7.95. The third kappa shape index (κ3) is 4.34. The molecular formula is C12H8N4O10. The van der Waals surface area contributed by atoms with E-state index in [2.05, 4.69) is 0 Å². The minimum absolute atomic E-state index is 0.672. The van der Waals surface area contributed by atoms with Crippen LogP contribution in [0.25, 0.3) is 0 Å². The molecule has 26 heavy (non-hydrogen) atoms. The molecule has 14 heteroatoms. The van der Waals surface area contributed by atoms with Crippen LogP contribution < -0.4 is 0 Å². The van der Waals surface area contributed by atoms with Crippen molar-refractivity contribution in [1.82, 2.24) is 0 Å². The molecule has 2 aromatic carbocycles.